The Kier molecular flexibility index (Phi) is 4.87. The number of amides is 1. The molecule has 1 aromatic carbocycles. The van der Waals surface area contributed by atoms with E-state index in [9.17, 15) is 22.8 Å². The molecule has 0 heterocycles. The van der Waals surface area contributed by atoms with Gasteiger partial charge in [0.1, 0.15) is 5.75 Å². The zero-order valence-electron chi connectivity index (χ0n) is 10.9. The van der Waals surface area contributed by atoms with Crippen LogP contribution in [0.25, 0.3) is 0 Å². The number of carbonyl (C=O) groups is 2. The SMILES string of the molecule is COc1cc(Br)ccc1C(=O)NC(C)(C(=O)O)C(F)(F)F. The number of aliphatic carboxylic acids is 1. The quantitative estimate of drug-likeness (QED) is 0.855. The fourth-order valence-corrected chi connectivity index (χ4v) is 1.73. The minimum Gasteiger partial charge on any atom is -0.496 e. The highest BCUT2D eigenvalue weighted by Crippen LogP contribution is 2.31. The van der Waals surface area contributed by atoms with Crippen LogP contribution in [0.1, 0.15) is 17.3 Å². The van der Waals surface area contributed by atoms with Gasteiger partial charge in [-0.15, -0.1) is 0 Å². The van der Waals surface area contributed by atoms with Crippen molar-refractivity contribution in [1.29, 1.82) is 0 Å². The van der Waals surface area contributed by atoms with Crippen molar-refractivity contribution in [3.8, 4) is 5.75 Å². The molecule has 1 unspecified atom stereocenters. The van der Waals surface area contributed by atoms with Crippen molar-refractivity contribution in [2.75, 3.05) is 7.11 Å². The van der Waals surface area contributed by atoms with Crippen molar-refractivity contribution < 1.29 is 32.6 Å². The number of hydrogen-bond donors (Lipinski definition) is 2. The van der Waals surface area contributed by atoms with Crippen LogP contribution in [-0.2, 0) is 4.79 Å². The van der Waals surface area contributed by atoms with Crippen LogP contribution in [0.2, 0.25) is 0 Å². The Morgan fingerprint density at radius 1 is 1.33 bits per heavy atom. The van der Waals surface area contributed by atoms with E-state index in [4.69, 9.17) is 9.84 Å². The van der Waals surface area contributed by atoms with Crippen molar-refractivity contribution in [3.63, 3.8) is 0 Å². The molecule has 0 saturated carbocycles. The molecule has 0 spiro atoms. The molecule has 2 N–H and O–H groups in total. The van der Waals surface area contributed by atoms with E-state index in [-0.39, 0.29) is 11.3 Å². The van der Waals surface area contributed by atoms with E-state index < -0.39 is 23.6 Å². The van der Waals surface area contributed by atoms with Gasteiger partial charge in [0.25, 0.3) is 5.91 Å². The number of carboxylic acids is 1. The molecule has 0 aliphatic carbocycles. The largest absolute Gasteiger partial charge is 0.496 e. The predicted molar refractivity (Wildman–Crippen MR) is 70.3 cm³/mol. The smallest absolute Gasteiger partial charge is 0.422 e. The lowest BCUT2D eigenvalue weighted by Gasteiger charge is -2.28. The zero-order chi connectivity index (χ0) is 16.4. The molecule has 0 aliphatic rings. The number of halogens is 4. The Hall–Kier alpha value is -1.77. The molecule has 116 valence electrons. The lowest BCUT2D eigenvalue weighted by molar-refractivity contribution is -0.203. The second kappa shape index (κ2) is 5.92. The molecule has 1 atom stereocenters. The first-order valence-electron chi connectivity index (χ1n) is 5.49. The Morgan fingerprint density at radius 2 is 1.90 bits per heavy atom. The zero-order valence-corrected chi connectivity index (χ0v) is 12.5. The molecule has 0 aliphatic heterocycles. The van der Waals surface area contributed by atoms with Gasteiger partial charge >= 0.3 is 12.1 Å². The first-order valence-corrected chi connectivity index (χ1v) is 6.28. The Morgan fingerprint density at radius 3 is 2.33 bits per heavy atom. The van der Waals surface area contributed by atoms with Crippen molar-refractivity contribution >= 4 is 27.8 Å². The lowest BCUT2D eigenvalue weighted by Crippen LogP contribution is -2.61. The van der Waals surface area contributed by atoms with Crippen LogP contribution < -0.4 is 10.1 Å². The van der Waals surface area contributed by atoms with E-state index in [0.29, 0.717) is 11.4 Å². The fourth-order valence-electron chi connectivity index (χ4n) is 1.39. The van der Waals surface area contributed by atoms with Crippen LogP contribution in [0.3, 0.4) is 0 Å². The highest BCUT2D eigenvalue weighted by Gasteiger charge is 2.58. The van der Waals surface area contributed by atoms with Gasteiger partial charge < -0.3 is 15.2 Å². The van der Waals surface area contributed by atoms with E-state index in [0.717, 1.165) is 0 Å². The summed E-state index contributed by atoms with van der Waals surface area (Å²) in [4.78, 5) is 22.8. The predicted octanol–water partition coefficient (Wildman–Crippen LogP) is 2.59. The van der Waals surface area contributed by atoms with Gasteiger partial charge in [0.05, 0.1) is 12.7 Å². The van der Waals surface area contributed by atoms with Gasteiger partial charge in [0.2, 0.25) is 5.54 Å². The molecule has 9 heteroatoms. The summed E-state index contributed by atoms with van der Waals surface area (Å²) in [5.41, 5.74) is -3.61. The number of nitrogens with one attached hydrogen (secondary N) is 1. The van der Waals surface area contributed by atoms with Crippen LogP contribution in [0.4, 0.5) is 13.2 Å². The van der Waals surface area contributed by atoms with E-state index in [1.54, 1.807) is 0 Å². The summed E-state index contributed by atoms with van der Waals surface area (Å²) in [7, 11) is 1.23. The minimum absolute atomic E-state index is 0.0109. The third kappa shape index (κ3) is 3.46. The molecule has 1 amide bonds. The Bertz CT molecular complexity index is 576. The van der Waals surface area contributed by atoms with Crippen LogP contribution in [0, 0.1) is 0 Å². The number of carboxylic acid groups (broad SMARTS) is 1. The molecule has 0 aromatic heterocycles. The molecule has 0 saturated heterocycles. The summed E-state index contributed by atoms with van der Waals surface area (Å²) in [5.74, 6) is -3.40. The van der Waals surface area contributed by atoms with Crippen molar-refractivity contribution in [2.24, 2.45) is 0 Å². The number of rotatable bonds is 4. The van der Waals surface area contributed by atoms with Gasteiger partial charge in [-0.25, -0.2) is 4.79 Å². The maximum absolute atomic E-state index is 12.8. The van der Waals surface area contributed by atoms with Crippen molar-refractivity contribution in [2.45, 2.75) is 18.6 Å². The first-order chi connectivity index (χ1) is 9.52. The fraction of sp³-hybridized carbons (Fsp3) is 0.333. The molecule has 0 bridgehead atoms. The summed E-state index contributed by atoms with van der Waals surface area (Å²) in [5, 5.41) is 10.2. The molecule has 0 fully saturated rings. The summed E-state index contributed by atoms with van der Waals surface area (Å²) in [6, 6.07) is 4.01. The molecule has 0 radical (unpaired) electrons. The number of ether oxygens (including phenoxy) is 1. The van der Waals surface area contributed by atoms with Crippen LogP contribution in [0.5, 0.6) is 5.75 Å². The van der Waals surface area contributed by atoms with Gasteiger partial charge in [-0.2, -0.15) is 13.2 Å². The molecular formula is C12H11BrF3NO4. The first kappa shape index (κ1) is 17.3. The maximum Gasteiger partial charge on any atom is 0.422 e. The normalized spacial score (nSPS) is 14.2. The second-order valence-corrected chi connectivity index (χ2v) is 5.14. The monoisotopic (exact) mass is 369 g/mol. The van der Waals surface area contributed by atoms with E-state index in [1.165, 1.54) is 30.6 Å². The summed E-state index contributed by atoms with van der Waals surface area (Å²) >= 11 is 3.12. The summed E-state index contributed by atoms with van der Waals surface area (Å²) in [6.45, 7) is 0.374. The van der Waals surface area contributed by atoms with E-state index in [2.05, 4.69) is 15.9 Å². The number of alkyl halides is 3. The van der Waals surface area contributed by atoms with Crippen LogP contribution in [0.15, 0.2) is 22.7 Å². The van der Waals surface area contributed by atoms with Gasteiger partial charge in [-0.3, -0.25) is 4.79 Å². The third-order valence-electron chi connectivity index (χ3n) is 2.77. The highest BCUT2D eigenvalue weighted by atomic mass is 79.9. The molecular weight excluding hydrogens is 359 g/mol. The number of hydrogen-bond acceptors (Lipinski definition) is 3. The standard InChI is InChI=1S/C12H11BrF3NO4/c1-11(10(19)20,12(14,15)16)17-9(18)7-4-3-6(13)5-8(7)21-2/h3-5H,1-2H3,(H,17,18)(H,19,20). The average molecular weight is 370 g/mol. The van der Waals surface area contributed by atoms with Gasteiger partial charge in [0, 0.05) is 4.47 Å². The summed E-state index contributed by atoms with van der Waals surface area (Å²) < 4.78 is 44.0. The Labute approximate surface area is 126 Å². The number of benzene rings is 1. The molecule has 21 heavy (non-hydrogen) atoms. The van der Waals surface area contributed by atoms with Gasteiger partial charge in [-0.05, 0) is 25.1 Å². The minimum atomic E-state index is -5.16. The molecule has 1 aromatic rings. The number of methoxy groups -OCH3 is 1. The maximum atomic E-state index is 12.8. The number of carbonyl (C=O) groups excluding carboxylic acids is 1. The molecule has 5 nitrogen and oxygen atoms in total. The summed E-state index contributed by atoms with van der Waals surface area (Å²) in [6.07, 6.45) is -5.16. The lowest BCUT2D eigenvalue weighted by atomic mass is 10.0. The van der Waals surface area contributed by atoms with Crippen LogP contribution in [-0.4, -0.2) is 35.8 Å². The average Bonchev–Trinajstić information content (AvgIpc) is 2.36. The van der Waals surface area contributed by atoms with Crippen molar-refractivity contribution in [3.05, 3.63) is 28.2 Å². The van der Waals surface area contributed by atoms with Gasteiger partial charge in [-0.1, -0.05) is 15.9 Å². The Balaban J connectivity index is 3.18. The third-order valence-corrected chi connectivity index (χ3v) is 3.26. The second-order valence-electron chi connectivity index (χ2n) is 4.23. The van der Waals surface area contributed by atoms with Crippen molar-refractivity contribution in [1.82, 2.24) is 5.32 Å². The van der Waals surface area contributed by atoms with Gasteiger partial charge in [0.15, 0.2) is 0 Å². The van der Waals surface area contributed by atoms with E-state index in [1.807, 2.05) is 0 Å². The topological polar surface area (TPSA) is 75.6 Å². The van der Waals surface area contributed by atoms with E-state index >= 15 is 0 Å². The molecule has 1 rings (SSSR count). The highest BCUT2D eigenvalue weighted by molar-refractivity contribution is 9.10. The van der Waals surface area contributed by atoms with Crippen LogP contribution >= 0.6 is 15.9 Å².